The van der Waals surface area contributed by atoms with Crippen molar-refractivity contribution >= 4 is 23.4 Å². The maximum atomic E-state index is 12.2. The molecule has 0 radical (unpaired) electrons. The lowest BCUT2D eigenvalue weighted by Gasteiger charge is -2.12. The number of methoxy groups -OCH3 is 3. The third kappa shape index (κ3) is 4.67. The van der Waals surface area contributed by atoms with Crippen LogP contribution in [0.25, 0.3) is 11.5 Å². The maximum Gasteiger partial charge on any atom is 0.276 e. The van der Waals surface area contributed by atoms with Crippen molar-refractivity contribution < 1.29 is 32.9 Å². The summed E-state index contributed by atoms with van der Waals surface area (Å²) >= 11 is 1.29. The molecular formula is C21H21N3O7S. The van der Waals surface area contributed by atoms with Gasteiger partial charge in [-0.3, -0.25) is 4.79 Å². The van der Waals surface area contributed by atoms with Crippen molar-refractivity contribution in [3.8, 4) is 40.2 Å². The molecule has 0 saturated heterocycles. The Morgan fingerprint density at radius 1 is 1.03 bits per heavy atom. The molecule has 1 aliphatic heterocycles. The molecule has 0 saturated carbocycles. The summed E-state index contributed by atoms with van der Waals surface area (Å²) in [5.41, 5.74) is 1.27. The number of benzene rings is 2. The van der Waals surface area contributed by atoms with Crippen molar-refractivity contribution in [2.75, 3.05) is 39.2 Å². The Hall–Kier alpha value is -3.60. The molecule has 0 aliphatic carbocycles. The number of nitrogens with zero attached hydrogens (tertiary/aromatic N) is 2. The summed E-state index contributed by atoms with van der Waals surface area (Å²) in [5.74, 6) is 3.34. The number of hydrogen-bond donors (Lipinski definition) is 1. The van der Waals surface area contributed by atoms with Gasteiger partial charge in [-0.15, -0.1) is 10.2 Å². The molecule has 3 aromatic rings. The average molecular weight is 459 g/mol. The van der Waals surface area contributed by atoms with E-state index in [1.165, 1.54) is 33.1 Å². The van der Waals surface area contributed by atoms with Gasteiger partial charge in [-0.25, -0.2) is 0 Å². The first-order chi connectivity index (χ1) is 15.6. The summed E-state index contributed by atoms with van der Waals surface area (Å²) in [4.78, 5) is 12.2. The van der Waals surface area contributed by atoms with E-state index in [0.29, 0.717) is 56.9 Å². The molecule has 2 heterocycles. The van der Waals surface area contributed by atoms with Gasteiger partial charge in [0.25, 0.3) is 5.22 Å². The molecule has 32 heavy (non-hydrogen) atoms. The monoisotopic (exact) mass is 459 g/mol. The van der Waals surface area contributed by atoms with Gasteiger partial charge in [-0.05, 0) is 24.3 Å². The van der Waals surface area contributed by atoms with Crippen LogP contribution in [0.5, 0.6) is 28.7 Å². The van der Waals surface area contributed by atoms with Crippen LogP contribution in [0.15, 0.2) is 40.0 Å². The van der Waals surface area contributed by atoms with E-state index in [-0.39, 0.29) is 19.1 Å². The molecule has 4 rings (SSSR count). The number of aromatic nitrogens is 2. The average Bonchev–Trinajstić information content (AvgIpc) is 3.47. The van der Waals surface area contributed by atoms with E-state index in [9.17, 15) is 4.79 Å². The normalized spacial score (nSPS) is 11.8. The molecule has 0 fully saturated rings. The van der Waals surface area contributed by atoms with Crippen LogP contribution < -0.4 is 29.0 Å². The maximum absolute atomic E-state index is 12.2. The van der Waals surface area contributed by atoms with Crippen molar-refractivity contribution in [3.05, 3.63) is 30.3 Å². The molecule has 11 heteroatoms. The fraction of sp³-hybridized carbons (Fsp3) is 0.286. The Morgan fingerprint density at radius 3 is 2.50 bits per heavy atom. The molecule has 1 aromatic heterocycles. The third-order valence-electron chi connectivity index (χ3n) is 4.53. The highest BCUT2D eigenvalue weighted by Gasteiger charge is 2.18. The molecule has 0 bridgehead atoms. The molecule has 168 valence electrons. The number of hydrogen-bond acceptors (Lipinski definition) is 10. The van der Waals surface area contributed by atoms with Gasteiger partial charge in [0.05, 0.1) is 21.3 Å². The van der Waals surface area contributed by atoms with Gasteiger partial charge in [0.15, 0.2) is 23.0 Å². The lowest BCUT2D eigenvalue weighted by Crippen LogP contribution is -2.12. The van der Waals surface area contributed by atoms with E-state index in [4.69, 9.17) is 28.1 Å². The van der Waals surface area contributed by atoms with Gasteiger partial charge in [0.2, 0.25) is 24.3 Å². The van der Waals surface area contributed by atoms with Crippen LogP contribution >= 0.6 is 11.8 Å². The molecule has 2 aromatic carbocycles. The molecule has 0 unspecified atom stereocenters. The van der Waals surface area contributed by atoms with Gasteiger partial charge in [0, 0.05) is 29.5 Å². The zero-order chi connectivity index (χ0) is 22.5. The number of thioether (sulfide) groups is 1. The van der Waals surface area contributed by atoms with E-state index < -0.39 is 0 Å². The minimum atomic E-state index is -0.138. The van der Waals surface area contributed by atoms with E-state index in [2.05, 4.69) is 15.5 Å². The Labute approximate surface area is 188 Å². The zero-order valence-corrected chi connectivity index (χ0v) is 18.5. The second-order valence-electron chi connectivity index (χ2n) is 6.50. The van der Waals surface area contributed by atoms with Crippen molar-refractivity contribution in [2.24, 2.45) is 0 Å². The van der Waals surface area contributed by atoms with Crippen molar-refractivity contribution in [1.29, 1.82) is 0 Å². The first-order valence-corrected chi connectivity index (χ1v) is 10.6. The minimum absolute atomic E-state index is 0.138. The summed E-state index contributed by atoms with van der Waals surface area (Å²) in [6, 6.07) is 8.70. The summed E-state index contributed by atoms with van der Waals surface area (Å²) in [5, 5.41) is 11.3. The fourth-order valence-corrected chi connectivity index (χ4v) is 3.72. The Morgan fingerprint density at radius 2 is 1.78 bits per heavy atom. The Kier molecular flexibility index (Phi) is 6.55. The van der Waals surface area contributed by atoms with Crippen LogP contribution in [0.1, 0.15) is 6.42 Å². The van der Waals surface area contributed by atoms with Crippen LogP contribution in [0, 0.1) is 0 Å². The number of ether oxygens (including phenoxy) is 5. The first-order valence-electron chi connectivity index (χ1n) is 9.57. The van der Waals surface area contributed by atoms with E-state index in [1.54, 1.807) is 30.3 Å². The molecule has 10 nitrogen and oxygen atoms in total. The largest absolute Gasteiger partial charge is 0.493 e. The highest BCUT2D eigenvalue weighted by atomic mass is 32.2. The van der Waals surface area contributed by atoms with Crippen molar-refractivity contribution in [1.82, 2.24) is 10.2 Å². The molecule has 1 amide bonds. The molecular weight excluding hydrogens is 438 g/mol. The van der Waals surface area contributed by atoms with Crippen molar-refractivity contribution in [3.63, 3.8) is 0 Å². The summed E-state index contributed by atoms with van der Waals surface area (Å²) < 4.78 is 32.3. The zero-order valence-electron chi connectivity index (χ0n) is 17.7. The molecule has 1 aliphatic rings. The van der Waals surface area contributed by atoms with Crippen LogP contribution in [0.3, 0.4) is 0 Å². The topological polar surface area (TPSA) is 114 Å². The van der Waals surface area contributed by atoms with Gasteiger partial charge in [-0.2, -0.15) is 0 Å². The van der Waals surface area contributed by atoms with Gasteiger partial charge >= 0.3 is 0 Å². The fourth-order valence-electron chi connectivity index (χ4n) is 3.02. The van der Waals surface area contributed by atoms with Crippen LogP contribution in [0.4, 0.5) is 5.69 Å². The standard InChI is InChI=1S/C21H21N3O7S/c1-26-16-8-12(9-17(27-2)19(16)28-3)20-23-24-21(31-20)32-7-6-18(25)22-13-4-5-14-15(10-13)30-11-29-14/h4-5,8-10H,6-7,11H2,1-3H3,(H,22,25). The quantitative estimate of drug-likeness (QED) is 0.476. The minimum Gasteiger partial charge on any atom is -0.493 e. The number of amides is 1. The number of carbonyl (C=O) groups is 1. The lowest BCUT2D eigenvalue weighted by molar-refractivity contribution is -0.115. The van der Waals surface area contributed by atoms with E-state index in [1.807, 2.05) is 0 Å². The van der Waals surface area contributed by atoms with E-state index in [0.717, 1.165) is 0 Å². The summed E-state index contributed by atoms with van der Waals surface area (Å²) in [7, 11) is 4.60. The first kappa shape index (κ1) is 21.6. The van der Waals surface area contributed by atoms with Crippen molar-refractivity contribution in [2.45, 2.75) is 11.6 Å². The Bertz CT molecular complexity index is 1090. The second-order valence-corrected chi connectivity index (χ2v) is 7.55. The number of rotatable bonds is 9. The van der Waals surface area contributed by atoms with Gasteiger partial charge < -0.3 is 33.4 Å². The molecule has 0 atom stereocenters. The highest BCUT2D eigenvalue weighted by Crippen LogP contribution is 2.41. The smallest absolute Gasteiger partial charge is 0.276 e. The summed E-state index contributed by atoms with van der Waals surface area (Å²) in [6.45, 7) is 0.186. The summed E-state index contributed by atoms with van der Waals surface area (Å²) in [6.07, 6.45) is 0.265. The molecule has 0 spiro atoms. The number of nitrogens with one attached hydrogen (secondary N) is 1. The SMILES string of the molecule is COc1cc(-c2nnc(SCCC(=O)Nc3ccc4c(c3)OCO4)o2)cc(OC)c1OC. The predicted molar refractivity (Wildman–Crippen MR) is 116 cm³/mol. The van der Waals surface area contributed by atoms with Gasteiger partial charge in [-0.1, -0.05) is 11.8 Å². The number of fused-ring (bicyclic) bond motifs is 1. The number of anilines is 1. The van der Waals surface area contributed by atoms with Gasteiger partial charge in [0.1, 0.15) is 0 Å². The van der Waals surface area contributed by atoms with Crippen LogP contribution in [-0.4, -0.2) is 50.0 Å². The van der Waals surface area contributed by atoms with E-state index >= 15 is 0 Å². The lowest BCUT2D eigenvalue weighted by atomic mass is 10.2. The van der Waals surface area contributed by atoms with Crippen LogP contribution in [0.2, 0.25) is 0 Å². The molecule has 1 N–H and O–H groups in total. The highest BCUT2D eigenvalue weighted by molar-refractivity contribution is 7.99. The Balaban J connectivity index is 1.34. The van der Waals surface area contributed by atoms with Crippen LogP contribution in [-0.2, 0) is 4.79 Å². The number of carbonyl (C=O) groups excluding carboxylic acids is 1. The predicted octanol–water partition coefficient (Wildman–Crippen LogP) is 3.61. The third-order valence-corrected chi connectivity index (χ3v) is 5.35. The second kappa shape index (κ2) is 9.69.